The second-order valence-electron chi connectivity index (χ2n) is 7.54. The van der Waals surface area contributed by atoms with Crippen molar-refractivity contribution in [1.29, 1.82) is 0 Å². The molecule has 5 rings (SSSR count). The number of nitrogens with zero attached hydrogens (tertiary/aromatic N) is 2. The lowest BCUT2D eigenvalue weighted by Crippen LogP contribution is -2.24. The van der Waals surface area contributed by atoms with Crippen molar-refractivity contribution in [3.05, 3.63) is 113 Å². The summed E-state index contributed by atoms with van der Waals surface area (Å²) < 4.78 is 1.70. The van der Waals surface area contributed by atoms with Crippen LogP contribution in [0.15, 0.2) is 79.8 Å². The van der Waals surface area contributed by atoms with E-state index in [0.717, 1.165) is 9.13 Å². The summed E-state index contributed by atoms with van der Waals surface area (Å²) >= 11 is 0. The highest BCUT2D eigenvalue weighted by Gasteiger charge is 2.21. The molecule has 2 aromatic heterocycles. The Morgan fingerprint density at radius 1 is 0.500 bits per heavy atom. The lowest BCUT2D eigenvalue weighted by atomic mass is 10.1. The average Bonchev–Trinajstić information content (AvgIpc) is 3.22. The number of carbonyl (C=O) groups is 2. The molecule has 0 aliphatic carbocycles. The van der Waals surface area contributed by atoms with Crippen LogP contribution < -0.4 is 22.2 Å². The Morgan fingerprint density at radius 3 is 1.00 bits per heavy atom. The topological polar surface area (TPSA) is 153 Å². The Kier molecular flexibility index (Phi) is 4.40. The van der Waals surface area contributed by atoms with E-state index in [2.05, 4.69) is 0 Å². The molecule has 0 saturated heterocycles. The van der Waals surface area contributed by atoms with Crippen molar-refractivity contribution in [1.82, 2.24) is 9.13 Å². The van der Waals surface area contributed by atoms with Gasteiger partial charge in [0.1, 0.15) is 0 Å². The van der Waals surface area contributed by atoms with E-state index >= 15 is 0 Å². The normalized spacial score (nSPS) is 11.3. The van der Waals surface area contributed by atoms with E-state index in [-0.39, 0.29) is 44.0 Å². The van der Waals surface area contributed by atoms with Crippen LogP contribution in [0.2, 0.25) is 0 Å². The molecule has 2 N–H and O–H groups in total. The molecule has 3 aromatic carbocycles. The van der Waals surface area contributed by atoms with Gasteiger partial charge in [0.15, 0.2) is 0 Å². The van der Waals surface area contributed by atoms with Crippen LogP contribution in [-0.4, -0.2) is 31.3 Å². The Hall–Kier alpha value is -5.12. The van der Waals surface area contributed by atoms with Crippen LogP contribution in [0, 0.1) is 0 Å². The van der Waals surface area contributed by atoms with E-state index in [9.17, 15) is 28.8 Å². The van der Waals surface area contributed by atoms with E-state index in [1.54, 1.807) is 0 Å². The van der Waals surface area contributed by atoms with Crippen molar-refractivity contribution >= 4 is 33.5 Å². The standard InChI is InChI=1S/C24H12N2O8/c27-19-15-9-17-18(22(30)26(21(17)29)14-7-3-12(4-8-14)24(33)34)10-16(15)20(28)25(19)13-5-1-11(2-6-13)23(31)32/h1-10H,(H,31,32)(H,33,34). The van der Waals surface area contributed by atoms with Crippen molar-refractivity contribution in [2.45, 2.75) is 0 Å². The highest BCUT2D eigenvalue weighted by molar-refractivity contribution is 5.98. The zero-order valence-electron chi connectivity index (χ0n) is 17.0. The van der Waals surface area contributed by atoms with Gasteiger partial charge in [0, 0.05) is 0 Å². The third-order valence-corrected chi connectivity index (χ3v) is 5.64. The minimum absolute atomic E-state index is 0.0213. The van der Waals surface area contributed by atoms with Gasteiger partial charge < -0.3 is 10.2 Å². The maximum atomic E-state index is 13.0. The number of benzene rings is 3. The second kappa shape index (κ2) is 7.20. The van der Waals surface area contributed by atoms with Crippen LogP contribution in [0.1, 0.15) is 20.7 Å². The monoisotopic (exact) mass is 456 g/mol. The molecule has 0 spiro atoms. The molecule has 5 aromatic rings. The molecule has 34 heavy (non-hydrogen) atoms. The largest absolute Gasteiger partial charge is 0.478 e. The van der Waals surface area contributed by atoms with Crippen molar-refractivity contribution in [3.63, 3.8) is 0 Å². The minimum Gasteiger partial charge on any atom is -0.478 e. The lowest BCUT2D eigenvalue weighted by Gasteiger charge is -2.01. The quantitative estimate of drug-likeness (QED) is 0.410. The van der Waals surface area contributed by atoms with Crippen LogP contribution in [0.25, 0.3) is 32.9 Å². The molecule has 0 aliphatic heterocycles. The number of aromatic carboxylic acids is 2. The summed E-state index contributed by atoms with van der Waals surface area (Å²) in [5.74, 6) is -2.32. The van der Waals surface area contributed by atoms with E-state index < -0.39 is 34.2 Å². The predicted molar refractivity (Wildman–Crippen MR) is 121 cm³/mol. The SMILES string of the molecule is O=C(O)c1ccc(-n2c(=O)c3cc4c(=O)n(-c5ccc(C(=O)O)cc5)c(=O)c4cc3c2=O)cc1. The van der Waals surface area contributed by atoms with Crippen LogP contribution in [0.4, 0.5) is 0 Å². The highest BCUT2D eigenvalue weighted by Crippen LogP contribution is 2.18. The Balaban J connectivity index is 1.73. The first-order valence-corrected chi connectivity index (χ1v) is 9.81. The molecular weight excluding hydrogens is 444 g/mol. The van der Waals surface area contributed by atoms with Crippen LogP contribution in [0.3, 0.4) is 0 Å². The van der Waals surface area contributed by atoms with Gasteiger partial charge in [0.2, 0.25) is 0 Å². The zero-order chi connectivity index (χ0) is 24.3. The first-order chi connectivity index (χ1) is 16.2. The van der Waals surface area contributed by atoms with E-state index in [0.29, 0.717) is 0 Å². The van der Waals surface area contributed by atoms with Gasteiger partial charge in [-0.15, -0.1) is 0 Å². The van der Waals surface area contributed by atoms with Gasteiger partial charge in [0.05, 0.1) is 44.0 Å². The van der Waals surface area contributed by atoms with Crippen LogP contribution in [-0.2, 0) is 0 Å². The first-order valence-electron chi connectivity index (χ1n) is 9.81. The highest BCUT2D eigenvalue weighted by atomic mass is 16.4. The number of carboxylic acid groups (broad SMARTS) is 2. The van der Waals surface area contributed by atoms with Gasteiger partial charge in [-0.25, -0.2) is 18.7 Å². The van der Waals surface area contributed by atoms with Gasteiger partial charge in [-0.2, -0.15) is 0 Å². The predicted octanol–water partition coefficient (Wildman–Crippen LogP) is 1.29. The van der Waals surface area contributed by atoms with Crippen LogP contribution in [0.5, 0.6) is 0 Å². The van der Waals surface area contributed by atoms with Gasteiger partial charge in [-0.3, -0.25) is 19.2 Å². The van der Waals surface area contributed by atoms with Crippen molar-refractivity contribution < 1.29 is 19.8 Å². The van der Waals surface area contributed by atoms with Crippen molar-refractivity contribution in [2.24, 2.45) is 0 Å². The molecule has 0 saturated carbocycles. The molecule has 2 heterocycles. The fourth-order valence-corrected chi connectivity index (χ4v) is 3.95. The van der Waals surface area contributed by atoms with Crippen molar-refractivity contribution in [2.75, 3.05) is 0 Å². The molecule has 0 radical (unpaired) electrons. The molecule has 0 amide bonds. The second-order valence-corrected chi connectivity index (χ2v) is 7.54. The van der Waals surface area contributed by atoms with Gasteiger partial charge in [-0.1, -0.05) is 0 Å². The third-order valence-electron chi connectivity index (χ3n) is 5.64. The summed E-state index contributed by atoms with van der Waals surface area (Å²) in [5, 5.41) is 17.8. The summed E-state index contributed by atoms with van der Waals surface area (Å²) in [6.07, 6.45) is 0. The Morgan fingerprint density at radius 2 is 0.765 bits per heavy atom. The number of carboxylic acids is 2. The first kappa shape index (κ1) is 20.8. The summed E-state index contributed by atoms with van der Waals surface area (Å²) in [6, 6.07) is 12.7. The molecule has 166 valence electrons. The number of fused-ring (bicyclic) bond motifs is 2. The molecular formula is C24H12N2O8. The van der Waals surface area contributed by atoms with E-state index in [1.807, 2.05) is 0 Å². The third kappa shape index (κ3) is 2.89. The molecule has 0 aliphatic rings. The smallest absolute Gasteiger partial charge is 0.335 e. The number of hydrogen-bond donors (Lipinski definition) is 2. The molecule has 0 unspecified atom stereocenters. The Labute approximate surface area is 187 Å². The minimum atomic E-state index is -1.16. The maximum Gasteiger partial charge on any atom is 0.335 e. The number of rotatable bonds is 4. The fraction of sp³-hybridized carbons (Fsp3) is 0. The molecule has 0 bridgehead atoms. The summed E-state index contributed by atoms with van der Waals surface area (Å²) in [4.78, 5) is 74.1. The molecule has 10 nitrogen and oxygen atoms in total. The van der Waals surface area contributed by atoms with Gasteiger partial charge in [0.25, 0.3) is 22.2 Å². The lowest BCUT2D eigenvalue weighted by molar-refractivity contribution is 0.0686. The average molecular weight is 456 g/mol. The summed E-state index contributed by atoms with van der Waals surface area (Å²) in [6.45, 7) is 0. The number of hydrogen-bond acceptors (Lipinski definition) is 6. The maximum absolute atomic E-state index is 13.0. The molecule has 0 fully saturated rings. The zero-order valence-corrected chi connectivity index (χ0v) is 17.0. The molecule has 10 heteroatoms. The van der Waals surface area contributed by atoms with Crippen LogP contribution >= 0.6 is 0 Å². The van der Waals surface area contributed by atoms with Gasteiger partial charge >= 0.3 is 11.9 Å². The number of aromatic nitrogens is 2. The van der Waals surface area contributed by atoms with Crippen molar-refractivity contribution in [3.8, 4) is 11.4 Å². The fourth-order valence-electron chi connectivity index (χ4n) is 3.95. The summed E-state index contributed by atoms with van der Waals surface area (Å²) in [5.41, 5.74) is -2.60. The summed E-state index contributed by atoms with van der Waals surface area (Å²) in [7, 11) is 0. The Bertz CT molecular complexity index is 1650. The van der Waals surface area contributed by atoms with E-state index in [1.165, 1.54) is 60.7 Å². The van der Waals surface area contributed by atoms with E-state index in [4.69, 9.17) is 10.2 Å². The molecule has 0 atom stereocenters. The van der Waals surface area contributed by atoms with Gasteiger partial charge in [-0.05, 0) is 60.7 Å².